The molecule has 0 aliphatic carbocycles. The van der Waals surface area contributed by atoms with Crippen LogP contribution in [0.5, 0.6) is 5.75 Å². The third-order valence-electron chi connectivity index (χ3n) is 3.83. The van der Waals surface area contributed by atoms with Crippen molar-refractivity contribution in [2.45, 2.75) is 11.8 Å². The highest BCUT2D eigenvalue weighted by molar-refractivity contribution is 7.87. The molecule has 0 saturated heterocycles. The Kier molecular flexibility index (Phi) is 6.76. The van der Waals surface area contributed by atoms with Crippen molar-refractivity contribution in [3.05, 3.63) is 85.8 Å². The molecular weight excluding hydrogens is 476 g/mol. The fourth-order valence-electron chi connectivity index (χ4n) is 2.30. The lowest BCUT2D eigenvalue weighted by Gasteiger charge is -2.11. The van der Waals surface area contributed by atoms with Crippen LogP contribution in [0.2, 0.25) is 20.1 Å². The third-order valence-corrected chi connectivity index (χ3v) is 6.29. The zero-order valence-corrected chi connectivity index (χ0v) is 18.7. The Labute approximate surface area is 188 Å². The lowest BCUT2D eigenvalue weighted by Crippen LogP contribution is -2.10. The second-order valence-corrected chi connectivity index (χ2v) is 9.20. The summed E-state index contributed by atoms with van der Waals surface area (Å²) < 4.78 is 30.0. The molecule has 0 aliphatic heterocycles. The lowest BCUT2D eigenvalue weighted by molar-refractivity contribution is 0.486. The Hall–Kier alpha value is -1.76. The van der Waals surface area contributed by atoms with Gasteiger partial charge in [-0.3, -0.25) is 4.99 Å². The molecule has 0 atom stereocenters. The minimum absolute atomic E-state index is 0.0263. The van der Waals surface area contributed by atoms with E-state index in [1.165, 1.54) is 42.6 Å². The van der Waals surface area contributed by atoms with E-state index in [0.717, 1.165) is 5.56 Å². The van der Waals surface area contributed by atoms with Crippen molar-refractivity contribution >= 4 is 68.4 Å². The van der Waals surface area contributed by atoms with E-state index in [1.807, 2.05) is 19.1 Å². The van der Waals surface area contributed by atoms with Crippen LogP contribution >= 0.6 is 46.4 Å². The van der Waals surface area contributed by atoms with Crippen LogP contribution in [-0.2, 0) is 10.1 Å². The number of aliphatic imine (C=N–C) groups is 1. The number of rotatable bonds is 5. The maximum atomic E-state index is 12.5. The monoisotopic (exact) mass is 487 g/mol. The van der Waals surface area contributed by atoms with Crippen molar-refractivity contribution in [1.82, 2.24) is 0 Å². The standard InChI is InChI=1S/C20H13Cl4NO3S/c1-12-2-5-15(10-17(12)22)25-11-13-8-18(23)20(19(24)9-13)28-29(26,27)16-6-3-14(21)4-7-16/h2-11H,1H3. The highest BCUT2D eigenvalue weighted by Crippen LogP contribution is 2.36. The molecule has 0 bridgehead atoms. The molecule has 0 unspecified atom stereocenters. The molecule has 3 aromatic rings. The molecule has 0 radical (unpaired) electrons. The summed E-state index contributed by atoms with van der Waals surface area (Å²) in [5.41, 5.74) is 2.16. The highest BCUT2D eigenvalue weighted by atomic mass is 35.5. The molecule has 0 amide bonds. The van der Waals surface area contributed by atoms with Gasteiger partial charge in [0.15, 0.2) is 5.75 Å². The van der Waals surface area contributed by atoms with Crippen molar-refractivity contribution in [2.75, 3.05) is 0 Å². The molecule has 0 N–H and O–H groups in total. The maximum absolute atomic E-state index is 12.5. The zero-order valence-electron chi connectivity index (χ0n) is 14.9. The van der Waals surface area contributed by atoms with Gasteiger partial charge in [-0.25, -0.2) is 0 Å². The normalized spacial score (nSPS) is 11.8. The smallest absolute Gasteiger partial charge is 0.339 e. The molecular formula is C20H13Cl4NO3S. The molecule has 150 valence electrons. The van der Waals surface area contributed by atoms with Gasteiger partial charge in [-0.2, -0.15) is 8.42 Å². The molecule has 9 heteroatoms. The summed E-state index contributed by atoms with van der Waals surface area (Å²) in [6.45, 7) is 1.90. The lowest BCUT2D eigenvalue weighted by atomic mass is 10.2. The van der Waals surface area contributed by atoms with Gasteiger partial charge in [-0.15, -0.1) is 0 Å². The van der Waals surface area contributed by atoms with E-state index in [0.29, 0.717) is 21.3 Å². The van der Waals surface area contributed by atoms with Gasteiger partial charge in [0.1, 0.15) is 4.90 Å². The van der Waals surface area contributed by atoms with E-state index < -0.39 is 10.1 Å². The molecule has 0 spiro atoms. The van der Waals surface area contributed by atoms with Gasteiger partial charge in [0.2, 0.25) is 0 Å². The Morgan fingerprint density at radius 2 is 1.48 bits per heavy atom. The maximum Gasteiger partial charge on any atom is 0.339 e. The second kappa shape index (κ2) is 8.94. The molecule has 0 saturated carbocycles. The molecule has 0 heterocycles. The third kappa shape index (κ3) is 5.44. The first-order valence-electron chi connectivity index (χ1n) is 8.15. The topological polar surface area (TPSA) is 55.7 Å². The molecule has 3 aromatic carbocycles. The molecule has 0 fully saturated rings. The summed E-state index contributed by atoms with van der Waals surface area (Å²) in [5, 5.41) is 1.06. The van der Waals surface area contributed by atoms with Crippen LogP contribution in [0.25, 0.3) is 0 Å². The zero-order chi connectivity index (χ0) is 21.2. The molecule has 4 nitrogen and oxygen atoms in total. The highest BCUT2D eigenvalue weighted by Gasteiger charge is 2.21. The first-order valence-corrected chi connectivity index (χ1v) is 11.1. The summed E-state index contributed by atoms with van der Waals surface area (Å²) >= 11 is 24.3. The fraction of sp³-hybridized carbons (Fsp3) is 0.0500. The predicted molar refractivity (Wildman–Crippen MR) is 119 cm³/mol. The van der Waals surface area contributed by atoms with Crippen LogP contribution in [-0.4, -0.2) is 14.6 Å². The Bertz CT molecular complexity index is 1170. The quantitative estimate of drug-likeness (QED) is 0.283. The van der Waals surface area contributed by atoms with Crippen LogP contribution in [0.15, 0.2) is 64.5 Å². The van der Waals surface area contributed by atoms with Gasteiger partial charge in [0.25, 0.3) is 0 Å². The van der Waals surface area contributed by atoms with E-state index in [4.69, 9.17) is 50.6 Å². The van der Waals surface area contributed by atoms with Crippen LogP contribution in [0, 0.1) is 6.92 Å². The van der Waals surface area contributed by atoms with Crippen LogP contribution in [0.1, 0.15) is 11.1 Å². The average Bonchev–Trinajstić information content (AvgIpc) is 2.66. The summed E-state index contributed by atoms with van der Waals surface area (Å²) in [6, 6.07) is 13.9. The van der Waals surface area contributed by atoms with Crippen LogP contribution < -0.4 is 4.18 Å². The minimum atomic E-state index is -4.13. The first kappa shape index (κ1) is 21.9. The molecule has 0 aromatic heterocycles. The minimum Gasteiger partial charge on any atom is -0.376 e. The van der Waals surface area contributed by atoms with E-state index in [2.05, 4.69) is 4.99 Å². The molecule has 3 rings (SSSR count). The van der Waals surface area contributed by atoms with Gasteiger partial charge < -0.3 is 4.18 Å². The van der Waals surface area contributed by atoms with Gasteiger partial charge in [-0.05, 0) is 66.6 Å². The summed E-state index contributed by atoms with van der Waals surface area (Å²) in [6.07, 6.45) is 1.54. The van der Waals surface area contributed by atoms with E-state index in [-0.39, 0.29) is 20.7 Å². The van der Waals surface area contributed by atoms with E-state index >= 15 is 0 Å². The Morgan fingerprint density at radius 1 is 0.862 bits per heavy atom. The van der Waals surface area contributed by atoms with Crippen molar-refractivity contribution in [1.29, 1.82) is 0 Å². The first-order chi connectivity index (χ1) is 13.7. The van der Waals surface area contributed by atoms with Gasteiger partial charge in [-0.1, -0.05) is 52.5 Å². The number of nitrogens with zero attached hydrogens (tertiary/aromatic N) is 1. The predicted octanol–water partition coefficient (Wildman–Crippen LogP) is 7.13. The summed E-state index contributed by atoms with van der Waals surface area (Å²) in [5.74, 6) is -0.168. The van der Waals surface area contributed by atoms with Gasteiger partial charge in [0, 0.05) is 16.3 Å². The van der Waals surface area contributed by atoms with Crippen LogP contribution in [0.3, 0.4) is 0 Å². The van der Waals surface area contributed by atoms with E-state index in [1.54, 1.807) is 6.07 Å². The largest absolute Gasteiger partial charge is 0.376 e. The fourth-order valence-corrected chi connectivity index (χ4v) is 4.24. The SMILES string of the molecule is Cc1ccc(N=Cc2cc(Cl)c(OS(=O)(=O)c3ccc(Cl)cc3)c(Cl)c2)cc1Cl. The van der Waals surface area contributed by atoms with E-state index in [9.17, 15) is 8.42 Å². The van der Waals surface area contributed by atoms with Crippen LogP contribution in [0.4, 0.5) is 5.69 Å². The van der Waals surface area contributed by atoms with Crippen molar-refractivity contribution in [2.24, 2.45) is 4.99 Å². The number of halogens is 4. The number of benzene rings is 3. The number of hydrogen-bond donors (Lipinski definition) is 0. The van der Waals surface area contributed by atoms with Crippen molar-refractivity contribution < 1.29 is 12.6 Å². The average molecular weight is 489 g/mol. The van der Waals surface area contributed by atoms with Crippen molar-refractivity contribution in [3.8, 4) is 5.75 Å². The second-order valence-electron chi connectivity index (χ2n) is 6.00. The number of hydrogen-bond acceptors (Lipinski definition) is 4. The molecule has 0 aliphatic rings. The Morgan fingerprint density at radius 3 is 2.07 bits per heavy atom. The van der Waals surface area contributed by atoms with Gasteiger partial charge in [0.05, 0.1) is 15.7 Å². The van der Waals surface area contributed by atoms with Gasteiger partial charge >= 0.3 is 10.1 Å². The number of aryl methyl sites for hydroxylation is 1. The summed E-state index contributed by atoms with van der Waals surface area (Å²) in [7, 11) is -4.13. The Balaban J connectivity index is 1.86. The van der Waals surface area contributed by atoms with Crippen molar-refractivity contribution in [3.63, 3.8) is 0 Å². The summed E-state index contributed by atoms with van der Waals surface area (Å²) in [4.78, 5) is 4.25. The molecule has 29 heavy (non-hydrogen) atoms.